The number of phenolic OH excluding ortho intramolecular Hbond substituents is 1. The highest BCUT2D eigenvalue weighted by atomic mass is 35.5. The molecule has 0 amide bonds. The number of aromatic hydroxyl groups is 1. The average molecular weight is 307 g/mol. The maximum atomic E-state index is 9.82. The number of anilines is 1. The molecule has 0 heterocycles. The van der Waals surface area contributed by atoms with E-state index in [0.717, 1.165) is 11.3 Å². The molecule has 0 fully saturated rings. The van der Waals surface area contributed by atoms with Crippen LogP contribution in [0.15, 0.2) is 41.5 Å². The lowest BCUT2D eigenvalue weighted by atomic mass is 10.2. The summed E-state index contributed by atoms with van der Waals surface area (Å²) in [6.45, 7) is 0. The molecule has 2 N–H and O–H groups in total. The van der Waals surface area contributed by atoms with E-state index in [1.807, 2.05) is 12.1 Å². The largest absolute Gasteiger partial charge is 0.502 e. The highest BCUT2D eigenvalue weighted by Gasteiger charge is 2.10. The molecule has 0 spiro atoms. The second kappa shape index (κ2) is 6.85. The third-order valence-electron chi connectivity index (χ3n) is 2.73. The van der Waals surface area contributed by atoms with E-state index in [4.69, 9.17) is 21.1 Å². The Morgan fingerprint density at radius 3 is 2.38 bits per heavy atom. The van der Waals surface area contributed by atoms with Gasteiger partial charge in [-0.25, -0.2) is 0 Å². The standard InChI is InChI=1S/C15H15ClN2O3/c1-20-13-6-10(7-14(21-2)15(13)19)9-17-18-12-5-3-4-11(16)8-12/h3-9,18-19H,1-2H3/b17-9-. The van der Waals surface area contributed by atoms with Gasteiger partial charge in [-0.1, -0.05) is 17.7 Å². The van der Waals surface area contributed by atoms with Crippen molar-refractivity contribution in [2.45, 2.75) is 0 Å². The van der Waals surface area contributed by atoms with Gasteiger partial charge >= 0.3 is 0 Å². The number of hydrogen-bond acceptors (Lipinski definition) is 5. The Hall–Kier alpha value is -2.40. The maximum absolute atomic E-state index is 9.82. The van der Waals surface area contributed by atoms with Crippen LogP contribution in [0.2, 0.25) is 5.02 Å². The Morgan fingerprint density at radius 1 is 1.14 bits per heavy atom. The summed E-state index contributed by atoms with van der Waals surface area (Å²) < 4.78 is 10.2. The molecule has 2 aromatic carbocycles. The first-order valence-electron chi connectivity index (χ1n) is 6.13. The van der Waals surface area contributed by atoms with E-state index in [2.05, 4.69) is 10.5 Å². The first-order chi connectivity index (χ1) is 10.1. The molecule has 0 aromatic heterocycles. The van der Waals surface area contributed by atoms with Crippen molar-refractivity contribution in [1.29, 1.82) is 0 Å². The zero-order valence-electron chi connectivity index (χ0n) is 11.6. The summed E-state index contributed by atoms with van der Waals surface area (Å²) in [5, 5.41) is 14.6. The van der Waals surface area contributed by atoms with Crippen LogP contribution in [-0.4, -0.2) is 25.5 Å². The van der Waals surface area contributed by atoms with Gasteiger partial charge < -0.3 is 14.6 Å². The van der Waals surface area contributed by atoms with Gasteiger partial charge in [-0.15, -0.1) is 0 Å². The quantitative estimate of drug-likeness (QED) is 0.655. The Bertz CT molecular complexity index is 634. The van der Waals surface area contributed by atoms with Crippen molar-refractivity contribution in [3.05, 3.63) is 47.0 Å². The Balaban J connectivity index is 2.17. The molecule has 0 saturated heterocycles. The Morgan fingerprint density at radius 2 is 1.81 bits per heavy atom. The van der Waals surface area contributed by atoms with Crippen molar-refractivity contribution in [2.75, 3.05) is 19.6 Å². The summed E-state index contributed by atoms with van der Waals surface area (Å²) in [4.78, 5) is 0. The number of hydrazone groups is 1. The minimum Gasteiger partial charge on any atom is -0.502 e. The number of methoxy groups -OCH3 is 2. The number of nitrogens with zero attached hydrogens (tertiary/aromatic N) is 1. The summed E-state index contributed by atoms with van der Waals surface area (Å²) in [5.41, 5.74) is 4.36. The summed E-state index contributed by atoms with van der Waals surface area (Å²) in [7, 11) is 2.94. The fourth-order valence-electron chi connectivity index (χ4n) is 1.73. The molecule has 2 rings (SSSR count). The first kappa shape index (κ1) is 15.0. The molecule has 0 aliphatic rings. The highest BCUT2D eigenvalue weighted by Crippen LogP contribution is 2.36. The lowest BCUT2D eigenvalue weighted by molar-refractivity contribution is 0.340. The second-order valence-electron chi connectivity index (χ2n) is 4.15. The summed E-state index contributed by atoms with van der Waals surface area (Å²) >= 11 is 5.88. The highest BCUT2D eigenvalue weighted by molar-refractivity contribution is 6.30. The van der Waals surface area contributed by atoms with Gasteiger partial charge in [-0.05, 0) is 30.3 Å². The molecule has 0 bridgehead atoms. The Kier molecular flexibility index (Phi) is 4.90. The van der Waals surface area contributed by atoms with Crippen molar-refractivity contribution < 1.29 is 14.6 Å². The SMILES string of the molecule is COc1cc(/C=N\Nc2cccc(Cl)c2)cc(OC)c1O. The molecular weight excluding hydrogens is 292 g/mol. The van der Waals surface area contributed by atoms with Crippen molar-refractivity contribution in [3.63, 3.8) is 0 Å². The molecule has 21 heavy (non-hydrogen) atoms. The summed E-state index contributed by atoms with van der Waals surface area (Å²) in [5.74, 6) is 0.595. The van der Waals surface area contributed by atoms with Crippen LogP contribution >= 0.6 is 11.6 Å². The molecule has 0 aliphatic heterocycles. The van der Waals surface area contributed by atoms with Crippen molar-refractivity contribution in [3.8, 4) is 17.2 Å². The molecule has 0 aliphatic carbocycles. The van der Waals surface area contributed by atoms with E-state index in [1.165, 1.54) is 14.2 Å². The molecular formula is C15H15ClN2O3. The van der Waals surface area contributed by atoms with E-state index >= 15 is 0 Å². The van der Waals surface area contributed by atoms with Gasteiger partial charge in [0, 0.05) is 10.6 Å². The molecule has 2 aromatic rings. The van der Waals surface area contributed by atoms with Crippen LogP contribution < -0.4 is 14.9 Å². The molecule has 0 radical (unpaired) electrons. The van der Waals surface area contributed by atoms with E-state index in [9.17, 15) is 5.11 Å². The third-order valence-corrected chi connectivity index (χ3v) is 2.97. The normalized spacial score (nSPS) is 10.6. The number of phenols is 1. The average Bonchev–Trinajstić information content (AvgIpc) is 2.48. The van der Waals surface area contributed by atoms with Crippen LogP contribution in [-0.2, 0) is 0 Å². The van der Waals surface area contributed by atoms with Gasteiger partial charge in [-0.2, -0.15) is 5.10 Å². The van der Waals surface area contributed by atoms with Crippen LogP contribution in [0.4, 0.5) is 5.69 Å². The predicted octanol–water partition coefficient (Wildman–Crippen LogP) is 3.51. The van der Waals surface area contributed by atoms with Gasteiger partial charge in [0.05, 0.1) is 26.1 Å². The van der Waals surface area contributed by atoms with Gasteiger partial charge in [0.2, 0.25) is 5.75 Å². The van der Waals surface area contributed by atoms with E-state index in [0.29, 0.717) is 16.5 Å². The number of nitrogens with one attached hydrogen (secondary N) is 1. The number of halogens is 1. The van der Waals surface area contributed by atoms with Gasteiger partial charge in [0.1, 0.15) is 0 Å². The Labute approximate surface area is 127 Å². The summed E-state index contributed by atoms with van der Waals surface area (Å²) in [6, 6.07) is 10.5. The van der Waals surface area contributed by atoms with Gasteiger partial charge in [-0.3, -0.25) is 5.43 Å². The molecule has 0 unspecified atom stereocenters. The molecule has 5 nitrogen and oxygen atoms in total. The topological polar surface area (TPSA) is 63.1 Å². The zero-order chi connectivity index (χ0) is 15.2. The lowest BCUT2D eigenvalue weighted by Gasteiger charge is -2.09. The number of rotatable bonds is 5. The summed E-state index contributed by atoms with van der Waals surface area (Å²) in [6.07, 6.45) is 1.59. The van der Waals surface area contributed by atoms with Crippen LogP contribution in [0.25, 0.3) is 0 Å². The number of ether oxygens (including phenoxy) is 2. The molecule has 6 heteroatoms. The molecule has 110 valence electrons. The monoisotopic (exact) mass is 306 g/mol. The number of hydrogen-bond donors (Lipinski definition) is 2. The fourth-order valence-corrected chi connectivity index (χ4v) is 1.92. The smallest absolute Gasteiger partial charge is 0.200 e. The lowest BCUT2D eigenvalue weighted by Crippen LogP contribution is -1.94. The van der Waals surface area contributed by atoms with Crippen molar-refractivity contribution >= 4 is 23.5 Å². The van der Waals surface area contributed by atoms with E-state index in [-0.39, 0.29) is 5.75 Å². The minimum atomic E-state index is -0.0417. The van der Waals surface area contributed by atoms with Crippen LogP contribution in [0.1, 0.15) is 5.56 Å². The van der Waals surface area contributed by atoms with Crippen LogP contribution in [0.3, 0.4) is 0 Å². The van der Waals surface area contributed by atoms with Crippen LogP contribution in [0.5, 0.6) is 17.2 Å². The zero-order valence-corrected chi connectivity index (χ0v) is 12.4. The first-order valence-corrected chi connectivity index (χ1v) is 6.51. The maximum Gasteiger partial charge on any atom is 0.200 e. The predicted molar refractivity (Wildman–Crippen MR) is 83.9 cm³/mol. The molecule has 0 atom stereocenters. The second-order valence-corrected chi connectivity index (χ2v) is 4.59. The van der Waals surface area contributed by atoms with Crippen molar-refractivity contribution in [2.24, 2.45) is 5.10 Å². The minimum absolute atomic E-state index is 0.0417. The van der Waals surface area contributed by atoms with Gasteiger partial charge in [0.15, 0.2) is 11.5 Å². The van der Waals surface area contributed by atoms with Crippen molar-refractivity contribution in [1.82, 2.24) is 0 Å². The van der Waals surface area contributed by atoms with E-state index in [1.54, 1.807) is 30.5 Å². The van der Waals surface area contributed by atoms with E-state index < -0.39 is 0 Å². The molecule has 0 saturated carbocycles. The van der Waals surface area contributed by atoms with Crippen LogP contribution in [0, 0.1) is 0 Å². The fraction of sp³-hybridized carbons (Fsp3) is 0.133. The third kappa shape index (κ3) is 3.79. The van der Waals surface area contributed by atoms with Gasteiger partial charge in [0.25, 0.3) is 0 Å². The number of benzene rings is 2.